The molecule has 2 heterocycles. The Labute approximate surface area is 113 Å². The number of piperidine rings is 1. The minimum absolute atomic E-state index is 0.170. The summed E-state index contributed by atoms with van der Waals surface area (Å²) < 4.78 is 10.9. The van der Waals surface area contributed by atoms with Gasteiger partial charge in [0.05, 0.1) is 4.47 Å². The number of hydrogen-bond acceptors (Lipinski definition) is 5. The van der Waals surface area contributed by atoms with Gasteiger partial charge >= 0.3 is 12.1 Å². The summed E-state index contributed by atoms with van der Waals surface area (Å²) in [6.45, 7) is 1.35. The number of nitrogens with zero attached hydrogens (tertiary/aromatic N) is 3. The van der Waals surface area contributed by atoms with Crippen molar-refractivity contribution in [2.45, 2.75) is 19.3 Å². The van der Waals surface area contributed by atoms with Gasteiger partial charge in [-0.15, -0.1) is 0 Å². The van der Waals surface area contributed by atoms with Crippen LogP contribution in [-0.4, -0.2) is 40.8 Å². The number of aromatic nitrogens is 2. The van der Waals surface area contributed by atoms with Gasteiger partial charge in [-0.25, -0.2) is 14.8 Å². The summed E-state index contributed by atoms with van der Waals surface area (Å²) in [4.78, 5) is 21.1. The Hall–Kier alpha value is -1.37. The number of halogens is 1. The molecule has 0 N–H and O–H groups in total. The molecule has 1 fully saturated rings. The fourth-order valence-corrected chi connectivity index (χ4v) is 1.88. The van der Waals surface area contributed by atoms with Crippen molar-refractivity contribution < 1.29 is 14.3 Å². The highest BCUT2D eigenvalue weighted by Gasteiger charge is 2.17. The van der Waals surface area contributed by atoms with Gasteiger partial charge < -0.3 is 14.4 Å². The fraction of sp³-hybridized carbons (Fsp3) is 0.545. The topological polar surface area (TPSA) is 64.5 Å². The molecule has 98 valence electrons. The molecular formula is C11H14BrN3O3. The highest BCUT2D eigenvalue weighted by molar-refractivity contribution is 9.10. The zero-order valence-electron chi connectivity index (χ0n) is 9.84. The van der Waals surface area contributed by atoms with Gasteiger partial charge in [-0.1, -0.05) is 0 Å². The number of carbonyl (C=O) groups excluding carboxylic acids is 1. The number of likely N-dealkylation sites (tertiary alicyclic amines) is 1. The maximum absolute atomic E-state index is 11.6. The molecule has 0 spiro atoms. The predicted molar refractivity (Wildman–Crippen MR) is 67.1 cm³/mol. The first-order valence-electron chi connectivity index (χ1n) is 5.78. The largest absolute Gasteiger partial charge is 0.426 e. The Morgan fingerprint density at radius 1 is 1.28 bits per heavy atom. The number of rotatable bonds is 3. The summed E-state index contributed by atoms with van der Waals surface area (Å²) in [5, 5.41) is 0. The number of carbonyl (C=O) groups is 1. The Balaban J connectivity index is 1.71. The third-order valence-electron chi connectivity index (χ3n) is 2.58. The third kappa shape index (κ3) is 3.83. The van der Waals surface area contributed by atoms with Crippen LogP contribution in [0.1, 0.15) is 19.3 Å². The average Bonchev–Trinajstić information content (AvgIpc) is 2.42. The van der Waals surface area contributed by atoms with Gasteiger partial charge in [-0.3, -0.25) is 0 Å². The van der Waals surface area contributed by atoms with Crippen LogP contribution in [0.2, 0.25) is 0 Å². The first kappa shape index (κ1) is 13.1. The first-order valence-corrected chi connectivity index (χ1v) is 6.57. The molecule has 0 atom stereocenters. The zero-order chi connectivity index (χ0) is 12.8. The van der Waals surface area contributed by atoms with Gasteiger partial charge in [-0.2, -0.15) is 0 Å². The van der Waals surface area contributed by atoms with E-state index in [-0.39, 0.29) is 18.9 Å². The Kier molecular flexibility index (Phi) is 4.74. The van der Waals surface area contributed by atoms with Gasteiger partial charge in [0.2, 0.25) is 6.79 Å². The molecule has 18 heavy (non-hydrogen) atoms. The van der Waals surface area contributed by atoms with Crippen molar-refractivity contribution in [2.24, 2.45) is 0 Å². The van der Waals surface area contributed by atoms with Gasteiger partial charge in [0, 0.05) is 25.5 Å². The van der Waals surface area contributed by atoms with Crippen LogP contribution >= 0.6 is 15.9 Å². The summed E-state index contributed by atoms with van der Waals surface area (Å²) in [5.74, 6) is 0. The number of amides is 1. The molecule has 1 aromatic rings. The lowest BCUT2D eigenvalue weighted by molar-refractivity contribution is 0.0274. The Morgan fingerprint density at radius 2 is 1.94 bits per heavy atom. The van der Waals surface area contributed by atoms with Crippen molar-refractivity contribution in [3.8, 4) is 6.01 Å². The minimum atomic E-state index is -0.341. The van der Waals surface area contributed by atoms with Gasteiger partial charge in [0.1, 0.15) is 0 Å². The standard InChI is InChI=1S/C11H14BrN3O3/c12-9-6-13-10(14-7-9)17-8-18-11(16)15-4-2-1-3-5-15/h6-7H,1-5,8H2. The fourth-order valence-electron chi connectivity index (χ4n) is 1.68. The van der Waals surface area contributed by atoms with E-state index in [1.165, 1.54) is 6.42 Å². The molecule has 0 radical (unpaired) electrons. The lowest BCUT2D eigenvalue weighted by Gasteiger charge is -2.25. The second-order valence-corrected chi connectivity index (χ2v) is 4.82. The van der Waals surface area contributed by atoms with Crippen LogP contribution in [0.4, 0.5) is 4.79 Å². The molecular weight excluding hydrogens is 302 g/mol. The van der Waals surface area contributed by atoms with E-state index in [9.17, 15) is 4.79 Å². The monoisotopic (exact) mass is 315 g/mol. The Morgan fingerprint density at radius 3 is 2.61 bits per heavy atom. The van der Waals surface area contributed by atoms with Crippen LogP contribution in [0.15, 0.2) is 16.9 Å². The third-order valence-corrected chi connectivity index (χ3v) is 2.99. The molecule has 0 bridgehead atoms. The molecule has 0 aliphatic carbocycles. The highest BCUT2D eigenvalue weighted by Crippen LogP contribution is 2.10. The van der Waals surface area contributed by atoms with E-state index in [0.717, 1.165) is 30.4 Å². The molecule has 0 saturated carbocycles. The summed E-state index contributed by atoms with van der Waals surface area (Å²) in [5.41, 5.74) is 0. The van der Waals surface area contributed by atoms with Crippen molar-refractivity contribution >= 4 is 22.0 Å². The molecule has 2 rings (SSSR count). The Bertz CT molecular complexity index is 393. The zero-order valence-corrected chi connectivity index (χ0v) is 11.4. The summed E-state index contributed by atoms with van der Waals surface area (Å²) in [6, 6.07) is 0.185. The van der Waals surface area contributed by atoms with Crippen molar-refractivity contribution in [1.82, 2.24) is 14.9 Å². The van der Waals surface area contributed by atoms with Crippen LogP contribution in [0.25, 0.3) is 0 Å². The van der Waals surface area contributed by atoms with Crippen LogP contribution in [0.3, 0.4) is 0 Å². The van der Waals surface area contributed by atoms with Crippen LogP contribution < -0.4 is 4.74 Å². The van der Waals surface area contributed by atoms with E-state index >= 15 is 0 Å². The lowest BCUT2D eigenvalue weighted by Crippen LogP contribution is -2.36. The number of ether oxygens (including phenoxy) is 2. The van der Waals surface area contributed by atoms with Crippen molar-refractivity contribution in [3.05, 3.63) is 16.9 Å². The summed E-state index contributed by atoms with van der Waals surface area (Å²) >= 11 is 3.22. The highest BCUT2D eigenvalue weighted by atomic mass is 79.9. The normalized spacial score (nSPS) is 15.3. The maximum Gasteiger partial charge on any atom is 0.412 e. The molecule has 6 nitrogen and oxygen atoms in total. The van der Waals surface area contributed by atoms with Crippen LogP contribution in [-0.2, 0) is 4.74 Å². The number of hydrogen-bond donors (Lipinski definition) is 0. The predicted octanol–water partition coefficient (Wildman–Crippen LogP) is 2.20. The van der Waals surface area contributed by atoms with E-state index in [0.29, 0.717) is 0 Å². The quantitative estimate of drug-likeness (QED) is 0.800. The molecule has 1 aromatic heterocycles. The second kappa shape index (κ2) is 6.53. The second-order valence-electron chi connectivity index (χ2n) is 3.90. The van der Waals surface area contributed by atoms with Crippen LogP contribution in [0, 0.1) is 0 Å². The molecule has 0 unspecified atom stereocenters. The molecule has 7 heteroatoms. The van der Waals surface area contributed by atoms with Crippen molar-refractivity contribution in [2.75, 3.05) is 19.9 Å². The van der Waals surface area contributed by atoms with E-state index in [1.54, 1.807) is 17.3 Å². The minimum Gasteiger partial charge on any atom is -0.426 e. The molecule has 1 saturated heterocycles. The lowest BCUT2D eigenvalue weighted by atomic mass is 10.1. The molecule has 1 amide bonds. The van der Waals surface area contributed by atoms with Gasteiger partial charge in [0.25, 0.3) is 0 Å². The summed E-state index contributed by atoms with van der Waals surface area (Å²) in [6.07, 6.45) is 6.03. The summed E-state index contributed by atoms with van der Waals surface area (Å²) in [7, 11) is 0. The van der Waals surface area contributed by atoms with Gasteiger partial charge in [-0.05, 0) is 35.2 Å². The van der Waals surface area contributed by atoms with Crippen molar-refractivity contribution in [3.63, 3.8) is 0 Å². The van der Waals surface area contributed by atoms with Gasteiger partial charge in [0.15, 0.2) is 0 Å². The van der Waals surface area contributed by atoms with Crippen LogP contribution in [0.5, 0.6) is 6.01 Å². The van der Waals surface area contributed by atoms with E-state index < -0.39 is 0 Å². The van der Waals surface area contributed by atoms with E-state index in [2.05, 4.69) is 25.9 Å². The van der Waals surface area contributed by atoms with E-state index in [4.69, 9.17) is 9.47 Å². The smallest absolute Gasteiger partial charge is 0.412 e. The molecule has 0 aromatic carbocycles. The average molecular weight is 316 g/mol. The molecule has 1 aliphatic rings. The van der Waals surface area contributed by atoms with E-state index in [1.807, 2.05) is 0 Å². The first-order chi connectivity index (χ1) is 8.75. The maximum atomic E-state index is 11.6. The molecule has 1 aliphatic heterocycles. The SMILES string of the molecule is O=C(OCOc1ncc(Br)cn1)N1CCCCC1. The van der Waals surface area contributed by atoms with Crippen molar-refractivity contribution in [1.29, 1.82) is 0 Å².